The van der Waals surface area contributed by atoms with Crippen molar-refractivity contribution in [2.45, 2.75) is 18.9 Å². The van der Waals surface area contributed by atoms with E-state index in [1.54, 1.807) is 11.3 Å². The number of methoxy groups -OCH3 is 1. The molecule has 5 heteroatoms. The molecule has 0 amide bonds. The Morgan fingerprint density at radius 1 is 1.29 bits per heavy atom. The van der Waals surface area contributed by atoms with Crippen molar-refractivity contribution in [3.63, 3.8) is 0 Å². The molecule has 0 aliphatic rings. The maximum atomic E-state index is 11.5. The SMILES string of the molecule is COC(=O)Cc1ccccc1OC(CCCl)c1cccs1. The lowest BCUT2D eigenvalue weighted by molar-refractivity contribution is -0.139. The smallest absolute Gasteiger partial charge is 0.310 e. The Kier molecular flexibility index (Phi) is 6.08. The number of thiophene rings is 1. The zero-order chi connectivity index (χ0) is 15.1. The summed E-state index contributed by atoms with van der Waals surface area (Å²) in [5.74, 6) is 0.935. The van der Waals surface area contributed by atoms with Gasteiger partial charge in [-0.3, -0.25) is 4.79 Å². The summed E-state index contributed by atoms with van der Waals surface area (Å²) in [4.78, 5) is 12.6. The molecule has 0 fully saturated rings. The molecular formula is C16H17ClO3S. The molecule has 1 unspecified atom stereocenters. The van der Waals surface area contributed by atoms with Crippen molar-refractivity contribution in [2.24, 2.45) is 0 Å². The van der Waals surface area contributed by atoms with E-state index in [0.717, 1.165) is 10.4 Å². The van der Waals surface area contributed by atoms with Gasteiger partial charge in [-0.2, -0.15) is 0 Å². The molecule has 2 aromatic rings. The van der Waals surface area contributed by atoms with Crippen molar-refractivity contribution in [2.75, 3.05) is 13.0 Å². The fraction of sp³-hybridized carbons (Fsp3) is 0.312. The van der Waals surface area contributed by atoms with Gasteiger partial charge in [0.05, 0.1) is 13.5 Å². The summed E-state index contributed by atoms with van der Waals surface area (Å²) < 4.78 is 10.8. The minimum absolute atomic E-state index is 0.0960. The molecule has 112 valence electrons. The van der Waals surface area contributed by atoms with Crippen LogP contribution in [-0.4, -0.2) is 19.0 Å². The normalized spacial score (nSPS) is 11.9. The van der Waals surface area contributed by atoms with Crippen molar-refractivity contribution in [3.8, 4) is 5.75 Å². The third kappa shape index (κ3) is 4.48. The summed E-state index contributed by atoms with van der Waals surface area (Å²) in [6, 6.07) is 11.5. The van der Waals surface area contributed by atoms with E-state index in [1.807, 2.05) is 41.8 Å². The van der Waals surface area contributed by atoms with Gasteiger partial charge < -0.3 is 9.47 Å². The van der Waals surface area contributed by atoms with E-state index in [2.05, 4.69) is 0 Å². The lowest BCUT2D eigenvalue weighted by Crippen LogP contribution is -2.10. The number of carbonyl (C=O) groups is 1. The summed E-state index contributed by atoms with van der Waals surface area (Å²) in [7, 11) is 1.38. The number of benzene rings is 1. The molecule has 0 spiro atoms. The van der Waals surface area contributed by atoms with E-state index in [0.29, 0.717) is 18.1 Å². The molecule has 0 saturated carbocycles. The van der Waals surface area contributed by atoms with E-state index in [9.17, 15) is 4.79 Å². The molecule has 1 aromatic carbocycles. The zero-order valence-electron chi connectivity index (χ0n) is 11.8. The van der Waals surface area contributed by atoms with Gasteiger partial charge in [-0.25, -0.2) is 0 Å². The number of hydrogen-bond acceptors (Lipinski definition) is 4. The van der Waals surface area contributed by atoms with Crippen LogP contribution in [0.2, 0.25) is 0 Å². The van der Waals surface area contributed by atoms with Crippen molar-refractivity contribution >= 4 is 28.9 Å². The van der Waals surface area contributed by atoms with E-state index in [1.165, 1.54) is 7.11 Å². The third-order valence-corrected chi connectivity index (χ3v) is 4.22. The summed E-state index contributed by atoms with van der Waals surface area (Å²) >= 11 is 7.52. The number of esters is 1. The zero-order valence-corrected chi connectivity index (χ0v) is 13.3. The second kappa shape index (κ2) is 8.05. The number of alkyl halides is 1. The molecule has 0 N–H and O–H groups in total. The maximum Gasteiger partial charge on any atom is 0.310 e. The van der Waals surface area contributed by atoms with Crippen LogP contribution in [0.25, 0.3) is 0 Å². The van der Waals surface area contributed by atoms with Crippen LogP contribution in [0.3, 0.4) is 0 Å². The Hall–Kier alpha value is -1.52. The van der Waals surface area contributed by atoms with Crippen LogP contribution in [-0.2, 0) is 16.0 Å². The number of ether oxygens (including phenoxy) is 2. The van der Waals surface area contributed by atoms with Crippen molar-refractivity contribution < 1.29 is 14.3 Å². The first-order valence-electron chi connectivity index (χ1n) is 6.65. The van der Waals surface area contributed by atoms with Gasteiger partial charge in [-0.05, 0) is 17.5 Å². The molecule has 0 aliphatic heterocycles. The van der Waals surface area contributed by atoms with Crippen molar-refractivity contribution in [1.29, 1.82) is 0 Å². The molecule has 3 nitrogen and oxygen atoms in total. The highest BCUT2D eigenvalue weighted by Crippen LogP contribution is 2.30. The molecular weight excluding hydrogens is 308 g/mol. The van der Waals surface area contributed by atoms with Gasteiger partial charge >= 0.3 is 5.97 Å². The molecule has 0 saturated heterocycles. The number of carbonyl (C=O) groups excluding carboxylic acids is 1. The van der Waals surface area contributed by atoms with Crippen LogP contribution in [0.4, 0.5) is 0 Å². The second-order valence-corrected chi connectivity index (χ2v) is 5.82. The Bertz CT molecular complexity index is 569. The average molecular weight is 325 g/mol. The van der Waals surface area contributed by atoms with Gasteiger partial charge in [-0.1, -0.05) is 24.3 Å². The first-order chi connectivity index (χ1) is 10.2. The molecule has 0 bridgehead atoms. The third-order valence-electron chi connectivity index (χ3n) is 3.04. The summed E-state index contributed by atoms with van der Waals surface area (Å²) in [6.45, 7) is 0. The van der Waals surface area contributed by atoms with E-state index < -0.39 is 0 Å². The average Bonchev–Trinajstić information content (AvgIpc) is 3.02. The highest BCUT2D eigenvalue weighted by Gasteiger charge is 2.17. The van der Waals surface area contributed by atoms with Crippen LogP contribution in [0.15, 0.2) is 41.8 Å². The molecule has 0 radical (unpaired) electrons. The number of rotatable bonds is 7. The fourth-order valence-corrected chi connectivity index (χ4v) is 2.97. The first kappa shape index (κ1) is 15.9. The second-order valence-electron chi connectivity index (χ2n) is 4.46. The first-order valence-corrected chi connectivity index (χ1v) is 8.06. The van der Waals surface area contributed by atoms with Crippen molar-refractivity contribution in [3.05, 3.63) is 52.2 Å². The van der Waals surface area contributed by atoms with Gasteiger partial charge in [0.1, 0.15) is 11.9 Å². The standard InChI is InChI=1S/C16H17ClO3S/c1-19-16(18)11-12-5-2-3-6-13(12)20-14(8-9-17)15-7-4-10-21-15/h2-7,10,14H,8-9,11H2,1H3. The Morgan fingerprint density at radius 2 is 2.10 bits per heavy atom. The summed E-state index contributed by atoms with van der Waals surface area (Å²) in [5, 5.41) is 2.01. The van der Waals surface area contributed by atoms with Crippen LogP contribution in [0.5, 0.6) is 5.75 Å². The van der Waals surface area contributed by atoms with Crippen LogP contribution >= 0.6 is 22.9 Å². The predicted molar refractivity (Wildman–Crippen MR) is 85.2 cm³/mol. The van der Waals surface area contributed by atoms with Gasteiger partial charge in [0, 0.05) is 22.7 Å². The van der Waals surface area contributed by atoms with Crippen molar-refractivity contribution in [1.82, 2.24) is 0 Å². The molecule has 1 atom stereocenters. The van der Waals surface area contributed by atoms with Crippen LogP contribution < -0.4 is 4.74 Å². The summed E-state index contributed by atoms with van der Waals surface area (Å²) in [5.41, 5.74) is 0.820. The Balaban J connectivity index is 2.18. The predicted octanol–water partition coefficient (Wildman–Crippen LogP) is 4.21. The lowest BCUT2D eigenvalue weighted by Gasteiger charge is -2.19. The maximum absolute atomic E-state index is 11.5. The van der Waals surface area contributed by atoms with Gasteiger partial charge in [0.25, 0.3) is 0 Å². The number of hydrogen-bond donors (Lipinski definition) is 0. The Morgan fingerprint density at radius 3 is 2.76 bits per heavy atom. The van der Waals surface area contributed by atoms with Crippen LogP contribution in [0, 0.1) is 0 Å². The Labute approximate surface area is 133 Å². The monoisotopic (exact) mass is 324 g/mol. The molecule has 21 heavy (non-hydrogen) atoms. The quantitative estimate of drug-likeness (QED) is 0.565. The minimum atomic E-state index is -0.281. The summed E-state index contributed by atoms with van der Waals surface area (Å²) in [6.07, 6.45) is 0.820. The van der Waals surface area contributed by atoms with Gasteiger partial charge in [0.2, 0.25) is 0 Å². The fourth-order valence-electron chi connectivity index (χ4n) is 1.98. The highest BCUT2D eigenvalue weighted by atomic mass is 35.5. The number of halogens is 1. The minimum Gasteiger partial charge on any atom is -0.485 e. The van der Waals surface area contributed by atoms with E-state index in [4.69, 9.17) is 21.1 Å². The van der Waals surface area contributed by atoms with Gasteiger partial charge in [0.15, 0.2) is 0 Å². The molecule has 1 aromatic heterocycles. The van der Waals surface area contributed by atoms with E-state index >= 15 is 0 Å². The largest absolute Gasteiger partial charge is 0.485 e. The molecule has 0 aliphatic carbocycles. The topological polar surface area (TPSA) is 35.5 Å². The molecule has 2 rings (SSSR count). The highest BCUT2D eigenvalue weighted by molar-refractivity contribution is 7.10. The number of para-hydroxylation sites is 1. The van der Waals surface area contributed by atoms with Crippen LogP contribution in [0.1, 0.15) is 23.0 Å². The molecule has 1 heterocycles. The van der Waals surface area contributed by atoms with E-state index in [-0.39, 0.29) is 18.5 Å². The van der Waals surface area contributed by atoms with Gasteiger partial charge in [-0.15, -0.1) is 22.9 Å². The lowest BCUT2D eigenvalue weighted by atomic mass is 10.1.